The largest absolute Gasteiger partial charge is 0.495 e. The van der Waals surface area contributed by atoms with Crippen molar-refractivity contribution in [3.63, 3.8) is 0 Å². The van der Waals surface area contributed by atoms with Gasteiger partial charge in [0.2, 0.25) is 0 Å². The molecule has 98 valence electrons. The Morgan fingerprint density at radius 2 is 2.33 bits per heavy atom. The predicted octanol–water partition coefficient (Wildman–Crippen LogP) is 1.43. The Kier molecular flexibility index (Phi) is 4.41. The van der Waals surface area contributed by atoms with Crippen molar-refractivity contribution in [1.29, 1.82) is 0 Å². The number of nitrogens with one attached hydrogen (secondary N) is 3. The summed E-state index contributed by atoms with van der Waals surface area (Å²) in [5.74, 6) is 1.20. The van der Waals surface area contributed by atoms with E-state index in [4.69, 9.17) is 4.74 Å². The summed E-state index contributed by atoms with van der Waals surface area (Å²) < 4.78 is 5.17. The lowest BCUT2D eigenvalue weighted by Crippen LogP contribution is -2.33. The van der Waals surface area contributed by atoms with E-state index in [0.717, 1.165) is 19.5 Å². The highest BCUT2D eigenvalue weighted by Gasteiger charge is 2.15. The van der Waals surface area contributed by atoms with Crippen LogP contribution in [0.1, 0.15) is 6.42 Å². The van der Waals surface area contributed by atoms with Crippen molar-refractivity contribution in [3.05, 3.63) is 24.3 Å². The van der Waals surface area contributed by atoms with Gasteiger partial charge >= 0.3 is 6.03 Å². The maximum atomic E-state index is 11.7. The second kappa shape index (κ2) is 6.26. The highest BCUT2D eigenvalue weighted by molar-refractivity contribution is 5.90. The number of para-hydroxylation sites is 2. The topological polar surface area (TPSA) is 62.4 Å². The Labute approximate surface area is 107 Å². The van der Waals surface area contributed by atoms with Crippen LogP contribution in [-0.4, -0.2) is 32.8 Å². The summed E-state index contributed by atoms with van der Waals surface area (Å²) in [5, 5.41) is 8.94. The molecule has 1 aliphatic heterocycles. The number of anilines is 1. The molecular weight excluding hydrogens is 230 g/mol. The molecule has 1 aromatic rings. The molecule has 1 heterocycles. The molecule has 0 bridgehead atoms. The highest BCUT2D eigenvalue weighted by Crippen LogP contribution is 2.22. The van der Waals surface area contributed by atoms with Crippen molar-refractivity contribution >= 4 is 11.7 Å². The van der Waals surface area contributed by atoms with Gasteiger partial charge in [-0.2, -0.15) is 0 Å². The van der Waals surface area contributed by atoms with E-state index in [9.17, 15) is 4.79 Å². The van der Waals surface area contributed by atoms with Crippen LogP contribution in [0.3, 0.4) is 0 Å². The number of hydrogen-bond acceptors (Lipinski definition) is 3. The van der Waals surface area contributed by atoms with Crippen molar-refractivity contribution in [3.8, 4) is 5.75 Å². The van der Waals surface area contributed by atoms with Crippen LogP contribution in [0.2, 0.25) is 0 Å². The van der Waals surface area contributed by atoms with Gasteiger partial charge in [0, 0.05) is 6.54 Å². The monoisotopic (exact) mass is 249 g/mol. The number of ether oxygens (including phenoxy) is 1. The summed E-state index contributed by atoms with van der Waals surface area (Å²) in [4.78, 5) is 11.7. The third kappa shape index (κ3) is 3.37. The van der Waals surface area contributed by atoms with Gasteiger partial charge in [-0.3, -0.25) is 0 Å². The van der Waals surface area contributed by atoms with E-state index >= 15 is 0 Å². The molecule has 2 rings (SSSR count). The van der Waals surface area contributed by atoms with Gasteiger partial charge in [0.05, 0.1) is 12.8 Å². The molecule has 3 N–H and O–H groups in total. The fourth-order valence-corrected chi connectivity index (χ4v) is 2.04. The minimum absolute atomic E-state index is 0.189. The number of benzene rings is 1. The van der Waals surface area contributed by atoms with Crippen LogP contribution in [0.5, 0.6) is 5.75 Å². The summed E-state index contributed by atoms with van der Waals surface area (Å²) in [7, 11) is 1.59. The Bertz CT molecular complexity index is 403. The molecule has 0 radical (unpaired) electrons. The SMILES string of the molecule is COc1ccccc1NC(=O)NCC1CCNC1. The number of carbonyl (C=O) groups excluding carboxylic acids is 1. The minimum Gasteiger partial charge on any atom is -0.495 e. The fraction of sp³-hybridized carbons (Fsp3) is 0.462. The van der Waals surface area contributed by atoms with Crippen LogP contribution in [0.4, 0.5) is 10.5 Å². The van der Waals surface area contributed by atoms with Gasteiger partial charge in [-0.1, -0.05) is 12.1 Å². The van der Waals surface area contributed by atoms with Gasteiger partial charge in [-0.15, -0.1) is 0 Å². The lowest BCUT2D eigenvalue weighted by atomic mass is 10.1. The van der Waals surface area contributed by atoms with Crippen LogP contribution >= 0.6 is 0 Å². The zero-order valence-electron chi connectivity index (χ0n) is 10.5. The Balaban J connectivity index is 1.82. The van der Waals surface area contributed by atoms with Gasteiger partial charge in [0.1, 0.15) is 5.75 Å². The Morgan fingerprint density at radius 1 is 1.50 bits per heavy atom. The van der Waals surface area contributed by atoms with Gasteiger partial charge in [-0.05, 0) is 37.6 Å². The number of urea groups is 1. The predicted molar refractivity (Wildman–Crippen MR) is 71.0 cm³/mol. The van der Waals surface area contributed by atoms with Crippen LogP contribution in [0, 0.1) is 5.92 Å². The van der Waals surface area contributed by atoms with E-state index in [-0.39, 0.29) is 6.03 Å². The minimum atomic E-state index is -0.189. The quantitative estimate of drug-likeness (QED) is 0.756. The molecule has 1 unspecified atom stereocenters. The number of carbonyl (C=O) groups is 1. The van der Waals surface area contributed by atoms with Crippen LogP contribution in [0.25, 0.3) is 0 Å². The maximum absolute atomic E-state index is 11.7. The van der Waals surface area contributed by atoms with Crippen LogP contribution in [-0.2, 0) is 0 Å². The normalized spacial score (nSPS) is 18.4. The summed E-state index contributed by atoms with van der Waals surface area (Å²) in [6, 6.07) is 7.17. The third-order valence-corrected chi connectivity index (χ3v) is 3.07. The van der Waals surface area contributed by atoms with E-state index < -0.39 is 0 Å². The molecule has 1 atom stereocenters. The van der Waals surface area contributed by atoms with Gasteiger partial charge in [-0.25, -0.2) is 4.79 Å². The van der Waals surface area contributed by atoms with Gasteiger partial charge in [0.25, 0.3) is 0 Å². The second-order valence-corrected chi connectivity index (χ2v) is 4.39. The standard InChI is InChI=1S/C13H19N3O2/c1-18-12-5-3-2-4-11(12)16-13(17)15-9-10-6-7-14-8-10/h2-5,10,14H,6-9H2,1H3,(H2,15,16,17). The molecule has 1 aliphatic rings. The van der Waals surface area contributed by atoms with Gasteiger partial charge < -0.3 is 20.7 Å². The molecule has 1 saturated heterocycles. The fourth-order valence-electron chi connectivity index (χ4n) is 2.04. The third-order valence-electron chi connectivity index (χ3n) is 3.07. The van der Waals surface area contributed by atoms with Gasteiger partial charge in [0.15, 0.2) is 0 Å². The second-order valence-electron chi connectivity index (χ2n) is 4.39. The smallest absolute Gasteiger partial charge is 0.319 e. The number of amides is 2. The van der Waals surface area contributed by atoms with Crippen molar-refractivity contribution in [2.45, 2.75) is 6.42 Å². The molecule has 5 nitrogen and oxygen atoms in total. The molecule has 1 aromatic carbocycles. The van der Waals surface area contributed by atoms with E-state index in [1.807, 2.05) is 24.3 Å². The first kappa shape index (κ1) is 12.7. The van der Waals surface area contributed by atoms with Crippen molar-refractivity contribution in [2.24, 2.45) is 5.92 Å². The molecule has 0 aromatic heterocycles. The molecule has 0 spiro atoms. The molecule has 0 saturated carbocycles. The molecule has 1 fully saturated rings. The van der Waals surface area contributed by atoms with Crippen molar-refractivity contribution in [2.75, 3.05) is 32.1 Å². The summed E-state index contributed by atoms with van der Waals surface area (Å²) in [6.45, 7) is 2.73. The highest BCUT2D eigenvalue weighted by atomic mass is 16.5. The summed E-state index contributed by atoms with van der Waals surface area (Å²) in [6.07, 6.45) is 1.12. The Hall–Kier alpha value is -1.75. The molecular formula is C13H19N3O2. The number of methoxy groups -OCH3 is 1. The summed E-state index contributed by atoms with van der Waals surface area (Å²) >= 11 is 0. The van der Waals surface area contributed by atoms with Crippen LogP contribution in [0.15, 0.2) is 24.3 Å². The van der Waals surface area contributed by atoms with E-state index in [2.05, 4.69) is 16.0 Å². The molecule has 5 heteroatoms. The molecule has 2 amide bonds. The first-order valence-corrected chi connectivity index (χ1v) is 6.18. The lowest BCUT2D eigenvalue weighted by molar-refractivity contribution is 0.250. The molecule has 18 heavy (non-hydrogen) atoms. The zero-order chi connectivity index (χ0) is 12.8. The first-order chi connectivity index (χ1) is 8.79. The van der Waals surface area contributed by atoms with Crippen LogP contribution < -0.4 is 20.7 Å². The lowest BCUT2D eigenvalue weighted by Gasteiger charge is -2.13. The van der Waals surface area contributed by atoms with E-state index in [0.29, 0.717) is 23.9 Å². The number of rotatable bonds is 4. The number of hydrogen-bond donors (Lipinski definition) is 3. The molecule has 0 aliphatic carbocycles. The summed E-state index contributed by atoms with van der Waals surface area (Å²) in [5.41, 5.74) is 0.682. The average Bonchev–Trinajstić information content (AvgIpc) is 2.90. The van der Waals surface area contributed by atoms with Crippen molar-refractivity contribution in [1.82, 2.24) is 10.6 Å². The Morgan fingerprint density at radius 3 is 3.06 bits per heavy atom. The van der Waals surface area contributed by atoms with Crippen molar-refractivity contribution < 1.29 is 9.53 Å². The average molecular weight is 249 g/mol. The maximum Gasteiger partial charge on any atom is 0.319 e. The van der Waals surface area contributed by atoms with E-state index in [1.165, 1.54) is 0 Å². The first-order valence-electron chi connectivity index (χ1n) is 6.18. The van der Waals surface area contributed by atoms with E-state index in [1.54, 1.807) is 7.11 Å². The zero-order valence-corrected chi connectivity index (χ0v) is 10.5.